The lowest BCUT2D eigenvalue weighted by Gasteiger charge is -2.55. The van der Waals surface area contributed by atoms with Crippen LogP contribution in [0, 0.1) is 17.8 Å². The highest BCUT2D eigenvalue weighted by molar-refractivity contribution is 6.40. The zero-order valence-electron chi connectivity index (χ0n) is 17.5. The van der Waals surface area contributed by atoms with Gasteiger partial charge in [-0.3, -0.25) is 0 Å². The average Bonchev–Trinajstić information content (AvgIpc) is 3.24. The molecule has 1 heterocycles. The number of ether oxygens (including phenoxy) is 1. The molecule has 0 N–H and O–H groups in total. The van der Waals surface area contributed by atoms with Gasteiger partial charge in [0.25, 0.3) is 0 Å². The number of rotatable bonds is 5. The normalized spacial score (nSPS) is 28.3. The fourth-order valence-electron chi connectivity index (χ4n) is 6.54. The van der Waals surface area contributed by atoms with Crippen LogP contribution in [0.2, 0.25) is 15.1 Å². The lowest BCUT2D eigenvalue weighted by atomic mass is 9.49. The Kier molecular flexibility index (Phi) is 5.16. The maximum absolute atomic E-state index is 6.30. The second-order valence-corrected chi connectivity index (χ2v) is 11.0. The third kappa shape index (κ3) is 3.70. The number of hydrogen-bond donors (Lipinski definition) is 0. The fraction of sp³-hybridized carbons (Fsp3) is 0.440. The summed E-state index contributed by atoms with van der Waals surface area (Å²) >= 11 is 18.4. The summed E-state index contributed by atoms with van der Waals surface area (Å²) < 4.78 is 12.2. The molecule has 4 saturated carbocycles. The zero-order valence-corrected chi connectivity index (χ0v) is 19.8. The van der Waals surface area contributed by atoms with Crippen molar-refractivity contribution in [3.63, 3.8) is 0 Å². The molecule has 0 unspecified atom stereocenters. The molecule has 3 aromatic rings. The maximum atomic E-state index is 6.30. The summed E-state index contributed by atoms with van der Waals surface area (Å²) in [6.07, 6.45) is 7.79. The van der Waals surface area contributed by atoms with E-state index in [2.05, 4.69) is 10.2 Å². The molecule has 0 aliphatic heterocycles. The highest BCUT2D eigenvalue weighted by Crippen LogP contribution is 2.60. The van der Waals surface area contributed by atoms with Crippen LogP contribution >= 0.6 is 34.8 Å². The van der Waals surface area contributed by atoms with E-state index < -0.39 is 0 Å². The van der Waals surface area contributed by atoms with E-state index in [1.807, 2.05) is 24.3 Å². The Labute approximate surface area is 202 Å². The van der Waals surface area contributed by atoms with E-state index in [4.69, 9.17) is 44.0 Å². The van der Waals surface area contributed by atoms with Crippen molar-refractivity contribution in [1.29, 1.82) is 0 Å². The molecule has 4 bridgehead atoms. The Bertz CT molecular complexity index is 1120. The number of aromatic nitrogens is 2. The lowest BCUT2D eigenvalue weighted by Crippen LogP contribution is -2.48. The molecule has 32 heavy (non-hydrogen) atoms. The summed E-state index contributed by atoms with van der Waals surface area (Å²) in [7, 11) is 0. The lowest BCUT2D eigenvalue weighted by molar-refractivity contribution is -0.0176. The number of hydrogen-bond acceptors (Lipinski definition) is 4. The Balaban J connectivity index is 1.22. The van der Waals surface area contributed by atoms with Gasteiger partial charge in [-0.15, -0.1) is 10.2 Å². The van der Waals surface area contributed by atoms with Crippen molar-refractivity contribution in [1.82, 2.24) is 10.2 Å². The summed E-state index contributed by atoms with van der Waals surface area (Å²) in [5, 5.41) is 10.2. The summed E-state index contributed by atoms with van der Waals surface area (Å²) in [6, 6.07) is 11.2. The predicted molar refractivity (Wildman–Crippen MR) is 125 cm³/mol. The van der Waals surface area contributed by atoms with Crippen LogP contribution in [-0.2, 0) is 12.0 Å². The third-order valence-corrected chi connectivity index (χ3v) is 8.22. The van der Waals surface area contributed by atoms with E-state index >= 15 is 0 Å². The Morgan fingerprint density at radius 1 is 0.906 bits per heavy atom. The monoisotopic (exact) mass is 488 g/mol. The van der Waals surface area contributed by atoms with Crippen LogP contribution in [0.1, 0.15) is 50.0 Å². The SMILES string of the molecule is Clc1cc(Cl)c(OCc2cccc(-c3nnc(C45CC6CC(CC(C6)C4)C5)o3)c2)c(Cl)c1. The highest BCUT2D eigenvalue weighted by atomic mass is 35.5. The van der Waals surface area contributed by atoms with Crippen molar-refractivity contribution in [2.45, 2.75) is 50.5 Å². The minimum atomic E-state index is 0.100. The van der Waals surface area contributed by atoms with E-state index in [-0.39, 0.29) is 5.41 Å². The van der Waals surface area contributed by atoms with Gasteiger partial charge in [0.05, 0.1) is 10.0 Å². The Morgan fingerprint density at radius 3 is 2.22 bits per heavy atom. The molecule has 166 valence electrons. The third-order valence-electron chi connectivity index (χ3n) is 7.44. The van der Waals surface area contributed by atoms with Crippen molar-refractivity contribution in [3.05, 3.63) is 62.9 Å². The van der Waals surface area contributed by atoms with Crippen LogP contribution in [0.25, 0.3) is 11.5 Å². The van der Waals surface area contributed by atoms with Crippen LogP contribution in [0.3, 0.4) is 0 Å². The zero-order chi connectivity index (χ0) is 21.9. The second-order valence-electron chi connectivity index (χ2n) is 9.80. The second kappa shape index (κ2) is 7.93. The maximum Gasteiger partial charge on any atom is 0.247 e. The Hall–Kier alpha value is -1.75. The molecule has 4 aliphatic carbocycles. The molecule has 7 rings (SSSR count). The molecule has 4 nitrogen and oxygen atoms in total. The van der Waals surface area contributed by atoms with Gasteiger partial charge >= 0.3 is 0 Å². The molecule has 0 saturated heterocycles. The molecule has 2 aromatic carbocycles. The van der Waals surface area contributed by atoms with Crippen molar-refractivity contribution < 1.29 is 9.15 Å². The van der Waals surface area contributed by atoms with Gasteiger partial charge in [0.1, 0.15) is 6.61 Å². The van der Waals surface area contributed by atoms with E-state index in [0.717, 1.165) is 34.8 Å². The first-order chi connectivity index (χ1) is 15.5. The van der Waals surface area contributed by atoms with Crippen molar-refractivity contribution in [2.24, 2.45) is 17.8 Å². The number of halogens is 3. The topological polar surface area (TPSA) is 48.2 Å². The van der Waals surface area contributed by atoms with Gasteiger partial charge in [0, 0.05) is 16.0 Å². The van der Waals surface area contributed by atoms with Crippen LogP contribution in [-0.4, -0.2) is 10.2 Å². The molecule has 0 spiro atoms. The molecule has 4 aliphatic rings. The minimum Gasteiger partial charge on any atom is -0.486 e. The van der Waals surface area contributed by atoms with E-state index in [0.29, 0.717) is 33.3 Å². The number of nitrogens with zero attached hydrogens (tertiary/aromatic N) is 2. The van der Waals surface area contributed by atoms with E-state index in [1.165, 1.54) is 38.5 Å². The smallest absolute Gasteiger partial charge is 0.247 e. The fourth-order valence-corrected chi connectivity index (χ4v) is 7.47. The molecular formula is C25H23Cl3N2O2. The molecule has 0 atom stereocenters. The quantitative estimate of drug-likeness (QED) is 0.368. The van der Waals surface area contributed by atoms with Crippen LogP contribution in [0.4, 0.5) is 0 Å². The van der Waals surface area contributed by atoms with E-state index in [1.54, 1.807) is 12.1 Å². The first kappa shape index (κ1) is 20.8. The summed E-state index contributed by atoms with van der Waals surface area (Å²) in [5.41, 5.74) is 1.95. The molecule has 0 radical (unpaired) electrons. The van der Waals surface area contributed by atoms with Crippen LogP contribution in [0.15, 0.2) is 40.8 Å². The van der Waals surface area contributed by atoms with Gasteiger partial charge in [-0.2, -0.15) is 0 Å². The Morgan fingerprint density at radius 2 is 1.56 bits per heavy atom. The standard InChI is InChI=1S/C25H23Cl3N2O2/c26-19-8-20(27)22(21(28)9-19)31-13-14-2-1-3-18(7-14)23-29-30-24(32-23)25-10-15-4-16(11-25)6-17(5-15)12-25/h1-3,7-9,15-17H,4-6,10-13H2. The predicted octanol–water partition coefficient (Wildman–Crippen LogP) is 7.74. The van der Waals surface area contributed by atoms with Crippen LogP contribution in [0.5, 0.6) is 5.75 Å². The van der Waals surface area contributed by atoms with Crippen molar-refractivity contribution in [3.8, 4) is 17.2 Å². The van der Waals surface area contributed by atoms with Crippen molar-refractivity contribution >= 4 is 34.8 Å². The molecule has 7 heteroatoms. The molecule has 4 fully saturated rings. The van der Waals surface area contributed by atoms with Gasteiger partial charge in [-0.1, -0.05) is 46.9 Å². The molecule has 0 amide bonds. The van der Waals surface area contributed by atoms with Gasteiger partial charge in [-0.05, 0) is 86.1 Å². The minimum absolute atomic E-state index is 0.100. The largest absolute Gasteiger partial charge is 0.486 e. The molecule has 1 aromatic heterocycles. The summed E-state index contributed by atoms with van der Waals surface area (Å²) in [5.74, 6) is 4.34. The highest BCUT2D eigenvalue weighted by Gasteiger charge is 2.54. The number of benzene rings is 2. The first-order valence-corrected chi connectivity index (χ1v) is 12.3. The van der Waals surface area contributed by atoms with Gasteiger partial charge in [-0.25, -0.2) is 0 Å². The van der Waals surface area contributed by atoms with Crippen LogP contribution < -0.4 is 4.74 Å². The van der Waals surface area contributed by atoms with E-state index in [9.17, 15) is 0 Å². The van der Waals surface area contributed by atoms with Gasteiger partial charge < -0.3 is 9.15 Å². The summed E-state index contributed by atoms with van der Waals surface area (Å²) in [6.45, 7) is 0.310. The van der Waals surface area contributed by atoms with Gasteiger partial charge in [0.2, 0.25) is 11.8 Å². The summed E-state index contributed by atoms with van der Waals surface area (Å²) in [4.78, 5) is 0. The first-order valence-electron chi connectivity index (χ1n) is 11.2. The molecular weight excluding hydrogens is 467 g/mol. The van der Waals surface area contributed by atoms with Crippen molar-refractivity contribution in [2.75, 3.05) is 0 Å². The average molecular weight is 490 g/mol. The van der Waals surface area contributed by atoms with Gasteiger partial charge in [0.15, 0.2) is 5.75 Å².